The van der Waals surface area contributed by atoms with E-state index in [-0.39, 0.29) is 23.8 Å². The molecule has 0 fully saturated rings. The van der Waals surface area contributed by atoms with E-state index >= 15 is 0 Å². The van der Waals surface area contributed by atoms with Crippen LogP contribution in [0, 0.1) is 6.92 Å². The van der Waals surface area contributed by atoms with Crippen molar-refractivity contribution in [2.45, 2.75) is 20.5 Å². The van der Waals surface area contributed by atoms with Gasteiger partial charge in [-0.25, -0.2) is 9.78 Å². The Balaban J connectivity index is 1.73. The molecule has 3 rings (SSSR count). The zero-order valence-electron chi connectivity index (χ0n) is 14.9. The van der Waals surface area contributed by atoms with Crippen molar-refractivity contribution in [1.29, 1.82) is 0 Å². The zero-order valence-corrected chi connectivity index (χ0v) is 15.7. The Morgan fingerprint density at radius 2 is 1.93 bits per heavy atom. The first-order valence-electron chi connectivity index (χ1n) is 8.22. The standard InChI is InChI=1S/C20H18N2O4S/c1-13-8-9-18(24)17(10-13)19(25)26-11-15-12-27-20(21-15)22(14(2)23)16-6-4-3-5-7-16/h3-10,12,24H,11H2,1-2H3. The van der Waals surface area contributed by atoms with Crippen LogP contribution in [-0.2, 0) is 16.1 Å². The molecule has 0 aliphatic rings. The fourth-order valence-electron chi connectivity index (χ4n) is 2.50. The van der Waals surface area contributed by atoms with Gasteiger partial charge in [-0.05, 0) is 31.2 Å². The van der Waals surface area contributed by atoms with E-state index in [4.69, 9.17) is 4.74 Å². The van der Waals surface area contributed by atoms with E-state index in [1.807, 2.05) is 37.3 Å². The molecular weight excluding hydrogens is 364 g/mol. The number of carbonyl (C=O) groups excluding carboxylic acids is 2. The highest BCUT2D eigenvalue weighted by molar-refractivity contribution is 7.14. The SMILES string of the molecule is CC(=O)N(c1ccccc1)c1nc(COC(=O)c2cc(C)ccc2O)cs1. The lowest BCUT2D eigenvalue weighted by Crippen LogP contribution is -2.22. The Bertz CT molecular complexity index is 969. The lowest BCUT2D eigenvalue weighted by molar-refractivity contribution is -0.115. The smallest absolute Gasteiger partial charge is 0.342 e. The Hall–Kier alpha value is -3.19. The third-order valence-electron chi connectivity index (χ3n) is 3.78. The monoisotopic (exact) mass is 382 g/mol. The molecule has 0 aliphatic carbocycles. The Morgan fingerprint density at radius 3 is 2.63 bits per heavy atom. The predicted molar refractivity (Wildman–Crippen MR) is 103 cm³/mol. The first-order valence-corrected chi connectivity index (χ1v) is 9.10. The number of amides is 1. The second-order valence-electron chi connectivity index (χ2n) is 5.91. The highest BCUT2D eigenvalue weighted by Crippen LogP contribution is 2.29. The molecule has 0 radical (unpaired) electrons. The summed E-state index contributed by atoms with van der Waals surface area (Å²) in [6.07, 6.45) is 0. The molecule has 138 valence electrons. The fraction of sp³-hybridized carbons (Fsp3) is 0.150. The topological polar surface area (TPSA) is 79.7 Å². The van der Waals surface area contributed by atoms with Gasteiger partial charge in [0.25, 0.3) is 0 Å². The van der Waals surface area contributed by atoms with Gasteiger partial charge < -0.3 is 9.84 Å². The minimum absolute atomic E-state index is 0.0523. The molecule has 27 heavy (non-hydrogen) atoms. The summed E-state index contributed by atoms with van der Waals surface area (Å²) >= 11 is 1.29. The summed E-state index contributed by atoms with van der Waals surface area (Å²) in [5.41, 5.74) is 2.20. The maximum absolute atomic E-state index is 12.2. The van der Waals surface area contributed by atoms with E-state index in [1.165, 1.54) is 29.2 Å². The van der Waals surface area contributed by atoms with E-state index < -0.39 is 5.97 Å². The van der Waals surface area contributed by atoms with Gasteiger partial charge in [0.15, 0.2) is 5.13 Å². The number of para-hydroxylation sites is 1. The summed E-state index contributed by atoms with van der Waals surface area (Å²) in [5, 5.41) is 12.0. The second-order valence-corrected chi connectivity index (χ2v) is 6.74. The summed E-state index contributed by atoms with van der Waals surface area (Å²) in [5.74, 6) is -0.919. The van der Waals surface area contributed by atoms with E-state index in [2.05, 4.69) is 4.98 Å². The molecule has 0 saturated heterocycles. The lowest BCUT2D eigenvalue weighted by Gasteiger charge is -2.17. The number of rotatable bonds is 5. The third kappa shape index (κ3) is 4.32. The molecule has 7 heteroatoms. The Labute approximate surface area is 160 Å². The Kier molecular flexibility index (Phi) is 5.52. The molecule has 0 aliphatic heterocycles. The lowest BCUT2D eigenvalue weighted by atomic mass is 10.1. The first-order chi connectivity index (χ1) is 13.0. The minimum atomic E-state index is -0.628. The van der Waals surface area contributed by atoms with Gasteiger partial charge in [-0.1, -0.05) is 29.8 Å². The molecule has 0 unspecified atom stereocenters. The molecule has 0 atom stereocenters. The quantitative estimate of drug-likeness (QED) is 0.669. The van der Waals surface area contributed by atoms with Crippen molar-refractivity contribution in [2.24, 2.45) is 0 Å². The number of phenols is 1. The van der Waals surface area contributed by atoms with Gasteiger partial charge in [0.2, 0.25) is 5.91 Å². The van der Waals surface area contributed by atoms with Gasteiger partial charge >= 0.3 is 5.97 Å². The number of thiazole rings is 1. The van der Waals surface area contributed by atoms with Crippen LogP contribution in [0.25, 0.3) is 0 Å². The summed E-state index contributed by atoms with van der Waals surface area (Å²) in [7, 11) is 0. The molecule has 1 N–H and O–H groups in total. The third-order valence-corrected chi connectivity index (χ3v) is 4.66. The Morgan fingerprint density at radius 1 is 1.19 bits per heavy atom. The van der Waals surface area contributed by atoms with Crippen LogP contribution in [0.2, 0.25) is 0 Å². The number of aromatic nitrogens is 1. The molecule has 6 nitrogen and oxygen atoms in total. The van der Waals surface area contributed by atoms with Crippen LogP contribution in [0.4, 0.5) is 10.8 Å². The highest BCUT2D eigenvalue weighted by atomic mass is 32.1. The largest absolute Gasteiger partial charge is 0.507 e. The molecule has 1 amide bonds. The molecule has 0 spiro atoms. The molecule has 0 saturated carbocycles. The number of carbonyl (C=O) groups is 2. The van der Waals surface area contributed by atoms with Crippen LogP contribution in [0.5, 0.6) is 5.75 Å². The van der Waals surface area contributed by atoms with Crippen molar-refractivity contribution in [3.05, 3.63) is 70.7 Å². The van der Waals surface area contributed by atoms with Crippen molar-refractivity contribution in [3.63, 3.8) is 0 Å². The van der Waals surface area contributed by atoms with Crippen LogP contribution >= 0.6 is 11.3 Å². The maximum Gasteiger partial charge on any atom is 0.342 e. The molecule has 1 heterocycles. The number of aryl methyl sites for hydroxylation is 1. The molecular formula is C20H18N2O4S. The molecule has 1 aromatic heterocycles. The van der Waals surface area contributed by atoms with E-state index in [9.17, 15) is 14.7 Å². The van der Waals surface area contributed by atoms with Crippen LogP contribution in [-0.4, -0.2) is 22.0 Å². The summed E-state index contributed by atoms with van der Waals surface area (Å²) in [6, 6.07) is 13.9. The summed E-state index contributed by atoms with van der Waals surface area (Å²) in [6.45, 7) is 3.24. The molecule has 0 bridgehead atoms. The van der Waals surface area contributed by atoms with Crippen LogP contribution in [0.15, 0.2) is 53.9 Å². The molecule has 2 aromatic carbocycles. The summed E-state index contributed by atoms with van der Waals surface area (Å²) < 4.78 is 5.25. The van der Waals surface area contributed by atoms with Crippen molar-refractivity contribution in [3.8, 4) is 5.75 Å². The number of benzene rings is 2. The van der Waals surface area contributed by atoms with Crippen molar-refractivity contribution < 1.29 is 19.4 Å². The number of hydrogen-bond donors (Lipinski definition) is 1. The highest BCUT2D eigenvalue weighted by Gasteiger charge is 2.19. The predicted octanol–water partition coefficient (Wildman–Crippen LogP) is 4.20. The number of aromatic hydroxyl groups is 1. The van der Waals surface area contributed by atoms with Gasteiger partial charge in [-0.15, -0.1) is 11.3 Å². The normalized spacial score (nSPS) is 10.4. The van der Waals surface area contributed by atoms with Gasteiger partial charge in [0.05, 0.1) is 11.4 Å². The first kappa shape index (κ1) is 18.6. The summed E-state index contributed by atoms with van der Waals surface area (Å²) in [4.78, 5) is 30.1. The van der Waals surface area contributed by atoms with Gasteiger partial charge in [-0.3, -0.25) is 9.69 Å². The van der Waals surface area contributed by atoms with Crippen LogP contribution in [0.3, 0.4) is 0 Å². The van der Waals surface area contributed by atoms with Crippen molar-refractivity contribution in [1.82, 2.24) is 4.98 Å². The van der Waals surface area contributed by atoms with Crippen LogP contribution in [0.1, 0.15) is 28.5 Å². The van der Waals surface area contributed by atoms with Gasteiger partial charge in [0, 0.05) is 12.3 Å². The number of phenolic OH excluding ortho intramolecular Hbond substituents is 1. The number of nitrogens with zero attached hydrogens (tertiary/aromatic N) is 2. The van der Waals surface area contributed by atoms with E-state index in [1.54, 1.807) is 17.5 Å². The second kappa shape index (κ2) is 8.01. The van der Waals surface area contributed by atoms with Crippen LogP contribution < -0.4 is 4.90 Å². The van der Waals surface area contributed by atoms with Gasteiger partial charge in [-0.2, -0.15) is 0 Å². The average molecular weight is 382 g/mol. The van der Waals surface area contributed by atoms with E-state index in [0.717, 1.165) is 5.56 Å². The zero-order chi connectivity index (χ0) is 19.4. The number of esters is 1. The average Bonchev–Trinajstić information content (AvgIpc) is 3.11. The number of hydrogen-bond acceptors (Lipinski definition) is 6. The molecule has 3 aromatic rings. The number of anilines is 2. The van der Waals surface area contributed by atoms with Gasteiger partial charge in [0.1, 0.15) is 17.9 Å². The number of ether oxygens (including phenoxy) is 1. The van der Waals surface area contributed by atoms with E-state index in [0.29, 0.717) is 16.5 Å². The maximum atomic E-state index is 12.2. The minimum Gasteiger partial charge on any atom is -0.507 e. The fourth-order valence-corrected chi connectivity index (χ4v) is 3.37. The van der Waals surface area contributed by atoms with Crippen molar-refractivity contribution in [2.75, 3.05) is 4.90 Å². The van der Waals surface area contributed by atoms with Crippen molar-refractivity contribution >= 4 is 34.0 Å².